The number of aromatic nitrogens is 4. The Morgan fingerprint density at radius 2 is 2.37 bits per heavy atom. The number of nitrogens with two attached hydrogens (primary N) is 1. The highest BCUT2D eigenvalue weighted by molar-refractivity contribution is 7.99. The van der Waals surface area contributed by atoms with Crippen LogP contribution in [0.1, 0.15) is 24.6 Å². The van der Waals surface area contributed by atoms with Crippen molar-refractivity contribution in [2.24, 2.45) is 0 Å². The van der Waals surface area contributed by atoms with E-state index >= 15 is 0 Å². The molecule has 1 atom stereocenters. The molecule has 0 bridgehead atoms. The van der Waals surface area contributed by atoms with Crippen molar-refractivity contribution in [1.29, 1.82) is 0 Å². The van der Waals surface area contributed by atoms with Crippen molar-refractivity contribution in [2.45, 2.75) is 25.0 Å². The standard InChI is InChI=1S/C10H13N5O3S/c1-5-3-12-8(18-5)6(2)15-9(11)13-14-10(15)19-4-7(16)17/h3,6H,4H2,1-2H3,(H2,11,13)(H,16,17). The molecule has 0 radical (unpaired) electrons. The van der Waals surface area contributed by atoms with Gasteiger partial charge in [0, 0.05) is 0 Å². The summed E-state index contributed by atoms with van der Waals surface area (Å²) in [6.07, 6.45) is 1.61. The lowest BCUT2D eigenvalue weighted by Gasteiger charge is -2.12. The second-order valence-electron chi connectivity index (χ2n) is 3.88. The van der Waals surface area contributed by atoms with Crippen LogP contribution in [0.25, 0.3) is 0 Å². The van der Waals surface area contributed by atoms with E-state index in [4.69, 9.17) is 15.3 Å². The van der Waals surface area contributed by atoms with Crippen LogP contribution in [0.2, 0.25) is 0 Å². The first-order valence-electron chi connectivity index (χ1n) is 5.46. The molecule has 2 heterocycles. The van der Waals surface area contributed by atoms with Gasteiger partial charge in [-0.3, -0.25) is 9.36 Å². The normalized spacial score (nSPS) is 12.5. The zero-order valence-electron chi connectivity index (χ0n) is 10.4. The number of carboxylic acids is 1. The topological polar surface area (TPSA) is 120 Å². The Morgan fingerprint density at radius 3 is 2.95 bits per heavy atom. The van der Waals surface area contributed by atoms with Gasteiger partial charge in [0.1, 0.15) is 11.8 Å². The number of carboxylic acid groups (broad SMARTS) is 1. The molecule has 9 heteroatoms. The molecule has 19 heavy (non-hydrogen) atoms. The minimum absolute atomic E-state index is 0.116. The fourth-order valence-electron chi connectivity index (χ4n) is 1.55. The van der Waals surface area contributed by atoms with Crippen LogP contribution in [-0.2, 0) is 4.79 Å². The van der Waals surface area contributed by atoms with Gasteiger partial charge in [-0.15, -0.1) is 10.2 Å². The molecule has 0 saturated carbocycles. The molecule has 0 aliphatic rings. The molecule has 0 aliphatic carbocycles. The summed E-state index contributed by atoms with van der Waals surface area (Å²) in [5, 5.41) is 16.7. The molecular formula is C10H13N5O3S. The maximum atomic E-state index is 10.6. The van der Waals surface area contributed by atoms with Gasteiger partial charge in [-0.25, -0.2) is 4.98 Å². The van der Waals surface area contributed by atoms with Gasteiger partial charge in [0.2, 0.25) is 11.8 Å². The molecule has 3 N–H and O–H groups in total. The fraction of sp³-hybridized carbons (Fsp3) is 0.400. The van der Waals surface area contributed by atoms with Crippen LogP contribution in [0.3, 0.4) is 0 Å². The zero-order valence-corrected chi connectivity index (χ0v) is 11.2. The van der Waals surface area contributed by atoms with E-state index in [1.165, 1.54) is 0 Å². The number of nitrogen functional groups attached to an aromatic ring is 1. The molecule has 8 nitrogen and oxygen atoms in total. The Labute approximate surface area is 113 Å². The molecule has 0 saturated heterocycles. The van der Waals surface area contributed by atoms with Gasteiger partial charge in [-0.05, 0) is 13.8 Å². The Kier molecular flexibility index (Phi) is 3.74. The van der Waals surface area contributed by atoms with Gasteiger partial charge >= 0.3 is 5.97 Å². The summed E-state index contributed by atoms with van der Waals surface area (Å²) in [6, 6.07) is -0.306. The van der Waals surface area contributed by atoms with Crippen molar-refractivity contribution >= 4 is 23.7 Å². The van der Waals surface area contributed by atoms with Crippen LogP contribution >= 0.6 is 11.8 Å². The van der Waals surface area contributed by atoms with E-state index in [1.54, 1.807) is 17.7 Å². The highest BCUT2D eigenvalue weighted by Gasteiger charge is 2.21. The lowest BCUT2D eigenvalue weighted by molar-refractivity contribution is -0.133. The monoisotopic (exact) mass is 283 g/mol. The van der Waals surface area contributed by atoms with Crippen LogP contribution in [0, 0.1) is 6.92 Å². The summed E-state index contributed by atoms with van der Waals surface area (Å²) in [7, 11) is 0. The van der Waals surface area contributed by atoms with E-state index < -0.39 is 5.97 Å². The smallest absolute Gasteiger partial charge is 0.313 e. The van der Waals surface area contributed by atoms with Gasteiger partial charge < -0.3 is 15.3 Å². The molecular weight excluding hydrogens is 270 g/mol. The Balaban J connectivity index is 2.27. The van der Waals surface area contributed by atoms with Crippen LogP contribution < -0.4 is 5.73 Å². The number of hydrogen-bond acceptors (Lipinski definition) is 7. The molecule has 1 unspecified atom stereocenters. The van der Waals surface area contributed by atoms with Crippen LogP contribution in [0.5, 0.6) is 0 Å². The number of oxazole rings is 1. The first-order valence-corrected chi connectivity index (χ1v) is 6.45. The van der Waals surface area contributed by atoms with Crippen molar-refractivity contribution in [1.82, 2.24) is 19.7 Å². The van der Waals surface area contributed by atoms with E-state index in [0.717, 1.165) is 11.8 Å². The number of aliphatic carboxylic acids is 1. The molecule has 2 rings (SSSR count). The largest absolute Gasteiger partial charge is 0.481 e. The highest BCUT2D eigenvalue weighted by Crippen LogP contribution is 2.26. The quantitative estimate of drug-likeness (QED) is 0.778. The van der Waals surface area contributed by atoms with E-state index in [0.29, 0.717) is 16.8 Å². The first-order chi connectivity index (χ1) is 8.99. The average Bonchev–Trinajstić information content (AvgIpc) is 2.92. The molecule has 102 valence electrons. The lowest BCUT2D eigenvalue weighted by Crippen LogP contribution is -2.12. The zero-order chi connectivity index (χ0) is 14.0. The number of nitrogens with zero attached hydrogens (tertiary/aromatic N) is 4. The number of rotatable bonds is 5. The van der Waals surface area contributed by atoms with Crippen molar-refractivity contribution in [3.8, 4) is 0 Å². The summed E-state index contributed by atoms with van der Waals surface area (Å²) >= 11 is 1.05. The van der Waals surface area contributed by atoms with E-state index in [1.807, 2.05) is 6.92 Å². The lowest BCUT2D eigenvalue weighted by atomic mass is 10.3. The Hall–Kier alpha value is -2.03. The second kappa shape index (κ2) is 5.31. The van der Waals surface area contributed by atoms with E-state index in [2.05, 4.69) is 15.2 Å². The van der Waals surface area contributed by atoms with Crippen molar-refractivity contribution in [3.05, 3.63) is 17.8 Å². The highest BCUT2D eigenvalue weighted by atomic mass is 32.2. The van der Waals surface area contributed by atoms with E-state index in [-0.39, 0.29) is 17.7 Å². The first kappa shape index (κ1) is 13.4. The molecule has 0 aromatic carbocycles. The summed E-state index contributed by atoms with van der Waals surface area (Å²) in [4.78, 5) is 14.7. The van der Waals surface area contributed by atoms with Crippen LogP contribution in [0.15, 0.2) is 15.8 Å². The average molecular weight is 283 g/mol. The summed E-state index contributed by atoms with van der Waals surface area (Å²) in [6.45, 7) is 3.62. The minimum Gasteiger partial charge on any atom is -0.481 e. The number of anilines is 1. The fourth-order valence-corrected chi connectivity index (χ4v) is 2.29. The predicted molar refractivity (Wildman–Crippen MR) is 67.8 cm³/mol. The predicted octanol–water partition coefficient (Wildman–Crippen LogP) is 0.943. The Bertz CT molecular complexity index is 594. The SMILES string of the molecule is Cc1cnc(C(C)n2c(N)nnc2SCC(=O)O)o1. The number of thioether (sulfide) groups is 1. The van der Waals surface area contributed by atoms with E-state index in [9.17, 15) is 4.79 Å². The Morgan fingerprint density at radius 1 is 1.63 bits per heavy atom. The molecule has 2 aromatic rings. The molecule has 0 fully saturated rings. The summed E-state index contributed by atoms with van der Waals surface area (Å²) < 4.78 is 7.03. The maximum absolute atomic E-state index is 10.6. The van der Waals surface area contributed by atoms with Gasteiger partial charge in [-0.2, -0.15) is 0 Å². The van der Waals surface area contributed by atoms with Gasteiger partial charge in [0.25, 0.3) is 0 Å². The van der Waals surface area contributed by atoms with Crippen LogP contribution in [0.4, 0.5) is 5.95 Å². The van der Waals surface area contributed by atoms with Crippen molar-refractivity contribution in [3.63, 3.8) is 0 Å². The number of carbonyl (C=O) groups is 1. The van der Waals surface area contributed by atoms with Gasteiger partial charge in [0.05, 0.1) is 11.9 Å². The van der Waals surface area contributed by atoms with Gasteiger partial charge in [0.15, 0.2) is 5.16 Å². The second-order valence-corrected chi connectivity index (χ2v) is 4.82. The number of aryl methyl sites for hydroxylation is 1. The molecule has 2 aromatic heterocycles. The van der Waals surface area contributed by atoms with Crippen LogP contribution in [-0.4, -0.2) is 36.6 Å². The summed E-state index contributed by atoms with van der Waals surface area (Å²) in [5.74, 6) is 0.304. The maximum Gasteiger partial charge on any atom is 0.313 e. The third-order valence-corrected chi connectivity index (χ3v) is 3.33. The van der Waals surface area contributed by atoms with Gasteiger partial charge in [-0.1, -0.05) is 11.8 Å². The molecule has 0 amide bonds. The molecule has 0 aliphatic heterocycles. The minimum atomic E-state index is -0.933. The third-order valence-electron chi connectivity index (χ3n) is 2.40. The third kappa shape index (κ3) is 2.87. The number of hydrogen-bond donors (Lipinski definition) is 2. The molecule has 0 spiro atoms. The van der Waals surface area contributed by atoms with Crippen molar-refractivity contribution < 1.29 is 14.3 Å². The van der Waals surface area contributed by atoms with Crippen molar-refractivity contribution in [2.75, 3.05) is 11.5 Å². The summed E-state index contributed by atoms with van der Waals surface area (Å²) in [5.41, 5.74) is 5.75.